The predicted molar refractivity (Wildman–Crippen MR) is 84.6 cm³/mol. The van der Waals surface area contributed by atoms with Gasteiger partial charge in [-0.3, -0.25) is 4.72 Å². The van der Waals surface area contributed by atoms with Crippen LogP contribution in [0.1, 0.15) is 12.5 Å². The second-order valence-corrected chi connectivity index (χ2v) is 6.51. The summed E-state index contributed by atoms with van der Waals surface area (Å²) in [5.74, 6) is 0.526. The number of hydrogen-bond acceptors (Lipinski definition) is 3. The molecule has 2 aromatic rings. The highest BCUT2D eigenvalue weighted by Crippen LogP contribution is 2.29. The summed E-state index contributed by atoms with van der Waals surface area (Å²) in [4.78, 5) is 0.245. The normalized spacial score (nSPS) is 11.2. The summed E-state index contributed by atoms with van der Waals surface area (Å²) in [5.41, 5.74) is 1.08. The van der Waals surface area contributed by atoms with E-state index in [1.165, 1.54) is 6.07 Å². The number of rotatable bonds is 5. The van der Waals surface area contributed by atoms with Crippen LogP contribution in [-0.2, 0) is 10.0 Å². The van der Waals surface area contributed by atoms with Crippen LogP contribution in [0.4, 0.5) is 5.69 Å². The maximum atomic E-state index is 12.4. The van der Waals surface area contributed by atoms with Gasteiger partial charge < -0.3 is 4.74 Å². The van der Waals surface area contributed by atoms with Gasteiger partial charge in [0.15, 0.2) is 0 Å². The second kappa shape index (κ2) is 6.37. The third-order valence-corrected chi connectivity index (χ3v) is 4.70. The zero-order valence-electron chi connectivity index (χ0n) is 11.8. The molecule has 0 unspecified atom stereocenters. The van der Waals surface area contributed by atoms with Crippen LogP contribution in [0.5, 0.6) is 5.75 Å². The van der Waals surface area contributed by atoms with Gasteiger partial charge in [0.05, 0.1) is 22.2 Å². The van der Waals surface area contributed by atoms with Crippen molar-refractivity contribution in [3.8, 4) is 5.75 Å². The quantitative estimate of drug-likeness (QED) is 0.908. The summed E-state index contributed by atoms with van der Waals surface area (Å²) in [6, 6.07) is 11.6. The van der Waals surface area contributed by atoms with Crippen molar-refractivity contribution in [1.82, 2.24) is 0 Å². The molecule has 0 bridgehead atoms. The van der Waals surface area contributed by atoms with Crippen molar-refractivity contribution in [2.24, 2.45) is 0 Å². The molecule has 0 fully saturated rings. The molecular weight excluding hydrogens is 310 g/mol. The van der Waals surface area contributed by atoms with Crippen LogP contribution in [0.3, 0.4) is 0 Å². The van der Waals surface area contributed by atoms with E-state index < -0.39 is 10.0 Å². The molecule has 2 aromatic carbocycles. The fourth-order valence-corrected chi connectivity index (χ4v) is 3.44. The van der Waals surface area contributed by atoms with Gasteiger partial charge >= 0.3 is 0 Å². The van der Waals surface area contributed by atoms with Gasteiger partial charge in [0, 0.05) is 0 Å². The molecule has 1 N–H and O–H groups in total. The molecule has 6 heteroatoms. The molecule has 4 nitrogen and oxygen atoms in total. The van der Waals surface area contributed by atoms with Crippen LogP contribution >= 0.6 is 11.6 Å². The van der Waals surface area contributed by atoms with E-state index in [0.717, 1.165) is 0 Å². The van der Waals surface area contributed by atoms with Crippen LogP contribution in [0.2, 0.25) is 5.02 Å². The topological polar surface area (TPSA) is 55.4 Å². The van der Waals surface area contributed by atoms with E-state index in [9.17, 15) is 8.42 Å². The Kier molecular flexibility index (Phi) is 4.75. The highest BCUT2D eigenvalue weighted by molar-refractivity contribution is 7.92. The molecule has 0 aliphatic heterocycles. The third-order valence-electron chi connectivity index (χ3n) is 2.87. The Labute approximate surface area is 129 Å². The number of benzene rings is 2. The van der Waals surface area contributed by atoms with Crippen LogP contribution in [0.25, 0.3) is 0 Å². The molecule has 2 rings (SSSR count). The Morgan fingerprint density at radius 1 is 1.19 bits per heavy atom. The highest BCUT2D eigenvalue weighted by Gasteiger charge is 2.16. The summed E-state index contributed by atoms with van der Waals surface area (Å²) in [6.07, 6.45) is 0. The summed E-state index contributed by atoms with van der Waals surface area (Å²) in [7, 11) is -3.64. The van der Waals surface area contributed by atoms with Gasteiger partial charge in [0.2, 0.25) is 0 Å². The van der Waals surface area contributed by atoms with Gasteiger partial charge in [-0.15, -0.1) is 0 Å². The summed E-state index contributed by atoms with van der Waals surface area (Å²) >= 11 is 6.05. The lowest BCUT2D eigenvalue weighted by molar-refractivity contribution is 0.340. The number of aryl methyl sites for hydroxylation is 1. The van der Waals surface area contributed by atoms with E-state index in [1.54, 1.807) is 43.3 Å². The van der Waals surface area contributed by atoms with Crippen molar-refractivity contribution in [1.29, 1.82) is 0 Å². The molecule has 0 saturated carbocycles. The maximum absolute atomic E-state index is 12.4. The van der Waals surface area contributed by atoms with Crippen molar-refractivity contribution < 1.29 is 13.2 Å². The minimum absolute atomic E-state index is 0.245. The molecule has 0 aliphatic carbocycles. The largest absolute Gasteiger partial charge is 0.492 e. The second-order valence-electron chi connectivity index (χ2n) is 4.45. The average Bonchev–Trinajstić information content (AvgIpc) is 2.42. The molecule has 0 aromatic heterocycles. The van der Waals surface area contributed by atoms with Gasteiger partial charge in [0.1, 0.15) is 5.75 Å². The standard InChI is InChI=1S/C15H16ClNO3S/c1-3-20-14-9-8-12(10-13(14)16)17-21(18,19)15-7-5-4-6-11(15)2/h4-10,17H,3H2,1-2H3. The molecule has 0 spiro atoms. The van der Waals surface area contributed by atoms with E-state index in [4.69, 9.17) is 16.3 Å². The van der Waals surface area contributed by atoms with Crippen LogP contribution in [-0.4, -0.2) is 15.0 Å². The van der Waals surface area contributed by atoms with Gasteiger partial charge in [-0.1, -0.05) is 29.8 Å². The van der Waals surface area contributed by atoms with E-state index in [0.29, 0.717) is 28.6 Å². The maximum Gasteiger partial charge on any atom is 0.262 e. The average molecular weight is 326 g/mol. The fourth-order valence-electron chi connectivity index (χ4n) is 1.90. The molecule has 0 heterocycles. The SMILES string of the molecule is CCOc1ccc(NS(=O)(=O)c2ccccc2C)cc1Cl. The first-order valence-corrected chi connectivity index (χ1v) is 8.31. The lowest BCUT2D eigenvalue weighted by atomic mass is 10.2. The highest BCUT2D eigenvalue weighted by atomic mass is 35.5. The minimum atomic E-state index is -3.64. The van der Waals surface area contributed by atoms with E-state index >= 15 is 0 Å². The Balaban J connectivity index is 2.29. The van der Waals surface area contributed by atoms with Crippen LogP contribution < -0.4 is 9.46 Å². The number of hydrogen-bond donors (Lipinski definition) is 1. The van der Waals surface area contributed by atoms with Gasteiger partial charge in [-0.25, -0.2) is 8.42 Å². The molecule has 0 atom stereocenters. The zero-order chi connectivity index (χ0) is 15.5. The fraction of sp³-hybridized carbons (Fsp3) is 0.200. The van der Waals surface area contributed by atoms with Gasteiger partial charge in [-0.05, 0) is 43.7 Å². The monoisotopic (exact) mass is 325 g/mol. The van der Waals surface area contributed by atoms with Crippen LogP contribution in [0, 0.1) is 6.92 Å². The lowest BCUT2D eigenvalue weighted by Gasteiger charge is -2.12. The van der Waals surface area contributed by atoms with Crippen molar-refractivity contribution in [2.45, 2.75) is 18.7 Å². The van der Waals surface area contributed by atoms with Crippen molar-refractivity contribution in [2.75, 3.05) is 11.3 Å². The number of ether oxygens (including phenoxy) is 1. The Morgan fingerprint density at radius 2 is 1.90 bits per heavy atom. The molecule has 21 heavy (non-hydrogen) atoms. The Hall–Kier alpha value is -1.72. The zero-order valence-corrected chi connectivity index (χ0v) is 13.3. The molecular formula is C15H16ClNO3S. The van der Waals surface area contributed by atoms with Gasteiger partial charge in [-0.2, -0.15) is 0 Å². The predicted octanol–water partition coefficient (Wildman–Crippen LogP) is 3.85. The number of anilines is 1. The number of halogens is 1. The van der Waals surface area contributed by atoms with Crippen LogP contribution in [0.15, 0.2) is 47.4 Å². The van der Waals surface area contributed by atoms with Crippen molar-refractivity contribution in [3.63, 3.8) is 0 Å². The summed E-state index contributed by atoms with van der Waals surface area (Å²) < 4.78 is 32.6. The Bertz CT molecular complexity index is 744. The first-order chi connectivity index (χ1) is 9.94. The van der Waals surface area contributed by atoms with E-state index in [2.05, 4.69) is 4.72 Å². The minimum Gasteiger partial charge on any atom is -0.492 e. The smallest absolute Gasteiger partial charge is 0.262 e. The molecule has 0 amide bonds. The molecule has 112 valence electrons. The van der Waals surface area contributed by atoms with Crippen molar-refractivity contribution in [3.05, 3.63) is 53.1 Å². The van der Waals surface area contributed by atoms with Gasteiger partial charge in [0.25, 0.3) is 10.0 Å². The number of nitrogens with one attached hydrogen (secondary N) is 1. The molecule has 0 saturated heterocycles. The lowest BCUT2D eigenvalue weighted by Crippen LogP contribution is -2.14. The Morgan fingerprint density at radius 3 is 2.52 bits per heavy atom. The van der Waals surface area contributed by atoms with E-state index in [-0.39, 0.29) is 4.90 Å². The summed E-state index contributed by atoms with van der Waals surface area (Å²) in [6.45, 7) is 4.10. The molecule has 0 radical (unpaired) electrons. The third kappa shape index (κ3) is 3.68. The first kappa shape index (κ1) is 15.7. The first-order valence-electron chi connectivity index (χ1n) is 6.45. The van der Waals surface area contributed by atoms with Crippen molar-refractivity contribution >= 4 is 27.3 Å². The number of sulfonamides is 1. The summed E-state index contributed by atoms with van der Waals surface area (Å²) in [5, 5.41) is 0.363. The van der Waals surface area contributed by atoms with E-state index in [1.807, 2.05) is 6.92 Å². The molecule has 0 aliphatic rings.